The Kier molecular flexibility index (Phi) is 4.59. The first kappa shape index (κ1) is 13.4. The molecule has 3 heteroatoms. The Morgan fingerprint density at radius 3 is 2.00 bits per heavy atom. The quantitative estimate of drug-likeness (QED) is 0.679. The number of carbonyl (C=O) groups excluding carboxylic acids is 1. The molecule has 14 heavy (non-hydrogen) atoms. The van der Waals surface area contributed by atoms with Gasteiger partial charge in [-0.3, -0.25) is 4.79 Å². The Bertz CT molecular complexity index is 192. The summed E-state index contributed by atoms with van der Waals surface area (Å²) in [5, 5.41) is 5.75. The van der Waals surface area contributed by atoms with Crippen molar-refractivity contribution in [1.82, 2.24) is 10.6 Å². The van der Waals surface area contributed by atoms with E-state index in [9.17, 15) is 4.79 Å². The van der Waals surface area contributed by atoms with Crippen molar-refractivity contribution in [3.8, 4) is 0 Å². The lowest BCUT2D eigenvalue weighted by Crippen LogP contribution is -2.42. The first-order chi connectivity index (χ1) is 6.19. The van der Waals surface area contributed by atoms with Crippen molar-refractivity contribution < 1.29 is 4.79 Å². The summed E-state index contributed by atoms with van der Waals surface area (Å²) in [7, 11) is 1.82. The Morgan fingerprint density at radius 1 is 1.14 bits per heavy atom. The summed E-state index contributed by atoms with van der Waals surface area (Å²) in [5.74, 6) is 0.113. The second-order valence-electron chi connectivity index (χ2n) is 5.66. The van der Waals surface area contributed by atoms with Crippen LogP contribution in [-0.2, 0) is 4.79 Å². The van der Waals surface area contributed by atoms with Gasteiger partial charge in [-0.25, -0.2) is 0 Å². The number of nitrogens with one attached hydrogen (secondary N) is 2. The van der Waals surface area contributed by atoms with Crippen LogP contribution in [0.5, 0.6) is 0 Å². The Morgan fingerprint density at radius 2 is 1.64 bits per heavy atom. The van der Waals surface area contributed by atoms with Crippen LogP contribution in [0.25, 0.3) is 0 Å². The minimum Gasteiger partial charge on any atom is -0.343 e. The zero-order valence-corrected chi connectivity index (χ0v) is 10.3. The predicted octanol–water partition coefficient (Wildman–Crippen LogP) is 1.74. The van der Waals surface area contributed by atoms with Gasteiger partial charge in [-0.15, -0.1) is 0 Å². The van der Waals surface area contributed by atoms with Crippen molar-refractivity contribution in [2.45, 2.75) is 41.0 Å². The third-order valence-corrected chi connectivity index (χ3v) is 2.01. The highest BCUT2D eigenvalue weighted by Gasteiger charge is 2.31. The topological polar surface area (TPSA) is 41.1 Å². The lowest BCUT2D eigenvalue weighted by atomic mass is 9.76. The average Bonchev–Trinajstić information content (AvgIpc) is 1.95. The molecule has 1 amide bonds. The molecule has 0 aromatic carbocycles. The van der Waals surface area contributed by atoms with Gasteiger partial charge in [0.1, 0.15) is 0 Å². The van der Waals surface area contributed by atoms with Gasteiger partial charge >= 0.3 is 0 Å². The van der Waals surface area contributed by atoms with Gasteiger partial charge in [0.25, 0.3) is 0 Å². The Labute approximate surface area is 87.6 Å². The van der Waals surface area contributed by atoms with E-state index in [2.05, 4.69) is 31.4 Å². The monoisotopic (exact) mass is 200 g/mol. The van der Waals surface area contributed by atoms with E-state index in [0.29, 0.717) is 6.67 Å². The van der Waals surface area contributed by atoms with Crippen molar-refractivity contribution in [2.24, 2.45) is 10.8 Å². The molecule has 0 fully saturated rings. The average molecular weight is 200 g/mol. The molecule has 2 N–H and O–H groups in total. The standard InChI is InChI=1S/C11H24N2O/c1-10(2,3)7-11(4,5)9(14)13-8-12-6/h12H,7-8H2,1-6H3,(H,13,14). The fourth-order valence-corrected chi connectivity index (χ4v) is 1.81. The molecule has 0 aliphatic carbocycles. The van der Waals surface area contributed by atoms with Crippen molar-refractivity contribution in [1.29, 1.82) is 0 Å². The van der Waals surface area contributed by atoms with Crippen LogP contribution < -0.4 is 10.6 Å². The van der Waals surface area contributed by atoms with Gasteiger partial charge in [0.15, 0.2) is 0 Å². The first-order valence-corrected chi connectivity index (χ1v) is 5.12. The molecule has 0 aliphatic rings. The maximum atomic E-state index is 11.8. The second kappa shape index (κ2) is 4.78. The maximum absolute atomic E-state index is 11.8. The van der Waals surface area contributed by atoms with Crippen molar-refractivity contribution in [3.05, 3.63) is 0 Å². The van der Waals surface area contributed by atoms with Crippen molar-refractivity contribution >= 4 is 5.91 Å². The summed E-state index contributed by atoms with van der Waals surface area (Å²) in [4.78, 5) is 11.8. The van der Waals surface area contributed by atoms with Crippen molar-refractivity contribution in [2.75, 3.05) is 13.7 Å². The van der Waals surface area contributed by atoms with Crippen LogP contribution in [0.1, 0.15) is 41.0 Å². The summed E-state index contributed by atoms with van der Waals surface area (Å²) in [6, 6.07) is 0. The zero-order chi connectivity index (χ0) is 11.4. The normalized spacial score (nSPS) is 12.7. The molecule has 0 heterocycles. The number of amides is 1. The van der Waals surface area contributed by atoms with Gasteiger partial charge < -0.3 is 10.6 Å². The van der Waals surface area contributed by atoms with E-state index in [1.807, 2.05) is 20.9 Å². The van der Waals surface area contributed by atoms with E-state index in [1.165, 1.54) is 0 Å². The van der Waals surface area contributed by atoms with E-state index in [-0.39, 0.29) is 16.7 Å². The van der Waals surface area contributed by atoms with Gasteiger partial charge in [0.2, 0.25) is 5.91 Å². The van der Waals surface area contributed by atoms with E-state index in [1.54, 1.807) is 0 Å². The molecule has 0 aliphatic heterocycles. The van der Waals surface area contributed by atoms with E-state index < -0.39 is 0 Å². The van der Waals surface area contributed by atoms with Crippen LogP contribution in [0.15, 0.2) is 0 Å². The van der Waals surface area contributed by atoms with Crippen LogP contribution >= 0.6 is 0 Å². The minimum atomic E-state index is -0.297. The van der Waals surface area contributed by atoms with Gasteiger partial charge in [-0.05, 0) is 18.9 Å². The third kappa shape index (κ3) is 5.22. The van der Waals surface area contributed by atoms with Gasteiger partial charge in [-0.2, -0.15) is 0 Å². The zero-order valence-electron chi connectivity index (χ0n) is 10.3. The second-order valence-corrected chi connectivity index (χ2v) is 5.66. The summed E-state index contributed by atoms with van der Waals surface area (Å²) in [6.45, 7) is 11.0. The minimum absolute atomic E-state index is 0.113. The van der Waals surface area contributed by atoms with Crippen LogP contribution in [0.2, 0.25) is 0 Å². The summed E-state index contributed by atoms with van der Waals surface area (Å²) < 4.78 is 0. The molecule has 3 nitrogen and oxygen atoms in total. The van der Waals surface area contributed by atoms with E-state index >= 15 is 0 Å². The Balaban J connectivity index is 4.23. The Hall–Kier alpha value is -0.570. The SMILES string of the molecule is CNCNC(=O)C(C)(C)CC(C)(C)C. The molecular formula is C11H24N2O. The van der Waals surface area contributed by atoms with Crippen molar-refractivity contribution in [3.63, 3.8) is 0 Å². The van der Waals surface area contributed by atoms with Gasteiger partial charge in [0.05, 0.1) is 6.67 Å². The number of rotatable bonds is 4. The molecule has 0 radical (unpaired) electrons. The molecule has 0 aromatic heterocycles. The first-order valence-electron chi connectivity index (χ1n) is 5.12. The van der Waals surface area contributed by atoms with Crippen LogP contribution in [0, 0.1) is 10.8 Å². The summed E-state index contributed by atoms with van der Waals surface area (Å²) in [5.41, 5.74) is -0.115. The van der Waals surface area contributed by atoms with E-state index in [4.69, 9.17) is 0 Å². The van der Waals surface area contributed by atoms with Crippen LogP contribution in [0.3, 0.4) is 0 Å². The molecule has 0 saturated carbocycles. The molecule has 84 valence electrons. The highest BCUT2D eigenvalue weighted by Crippen LogP contribution is 2.32. The summed E-state index contributed by atoms with van der Waals surface area (Å²) in [6.07, 6.45) is 0.884. The highest BCUT2D eigenvalue weighted by molar-refractivity contribution is 5.81. The third-order valence-electron chi connectivity index (χ3n) is 2.01. The molecule has 0 aromatic rings. The van der Waals surface area contributed by atoms with Crippen LogP contribution in [0.4, 0.5) is 0 Å². The lowest BCUT2D eigenvalue weighted by Gasteiger charge is -2.31. The molecule has 0 saturated heterocycles. The molecule has 0 bridgehead atoms. The number of carbonyl (C=O) groups is 1. The lowest BCUT2D eigenvalue weighted by molar-refractivity contribution is -0.130. The smallest absolute Gasteiger partial charge is 0.226 e. The molecule has 0 spiro atoms. The molecule has 0 unspecified atom stereocenters. The van der Waals surface area contributed by atoms with Gasteiger partial charge in [0, 0.05) is 5.41 Å². The molecular weight excluding hydrogens is 176 g/mol. The summed E-state index contributed by atoms with van der Waals surface area (Å²) >= 11 is 0. The fraction of sp³-hybridized carbons (Fsp3) is 0.909. The maximum Gasteiger partial charge on any atom is 0.226 e. The van der Waals surface area contributed by atoms with E-state index in [0.717, 1.165) is 6.42 Å². The number of hydrogen-bond acceptors (Lipinski definition) is 2. The largest absolute Gasteiger partial charge is 0.343 e. The highest BCUT2D eigenvalue weighted by atomic mass is 16.2. The fourth-order valence-electron chi connectivity index (χ4n) is 1.81. The van der Waals surface area contributed by atoms with Crippen LogP contribution in [-0.4, -0.2) is 19.6 Å². The predicted molar refractivity (Wildman–Crippen MR) is 59.9 cm³/mol. The van der Waals surface area contributed by atoms with Gasteiger partial charge in [-0.1, -0.05) is 34.6 Å². The molecule has 0 rings (SSSR count). The molecule has 0 atom stereocenters. The number of hydrogen-bond donors (Lipinski definition) is 2.